The molecule has 1 amide bonds. The molecule has 2 heterocycles. The van der Waals surface area contributed by atoms with Crippen LogP contribution >= 0.6 is 0 Å². The van der Waals surface area contributed by atoms with E-state index in [1.165, 1.54) is 25.8 Å². The average molecular weight is 211 g/mol. The highest BCUT2D eigenvalue weighted by atomic mass is 16.1. The monoisotopic (exact) mass is 211 g/mol. The minimum absolute atomic E-state index is 0.179. The second kappa shape index (κ2) is 4.94. The summed E-state index contributed by atoms with van der Waals surface area (Å²) in [7, 11) is 0. The second-order valence-electron chi connectivity index (χ2n) is 4.80. The third-order valence-electron chi connectivity index (χ3n) is 3.30. The lowest BCUT2D eigenvalue weighted by Gasteiger charge is -2.21. The van der Waals surface area contributed by atoms with Crippen LogP contribution in [0.25, 0.3) is 0 Å². The lowest BCUT2D eigenvalue weighted by atomic mass is 10.1. The Morgan fingerprint density at radius 1 is 1.60 bits per heavy atom. The molecule has 2 saturated heterocycles. The van der Waals surface area contributed by atoms with Gasteiger partial charge in [0.2, 0.25) is 5.91 Å². The second-order valence-corrected chi connectivity index (χ2v) is 4.80. The van der Waals surface area contributed by atoms with E-state index in [-0.39, 0.29) is 5.91 Å². The number of hydrogen-bond donors (Lipinski definition) is 3. The van der Waals surface area contributed by atoms with Crippen molar-refractivity contribution in [1.82, 2.24) is 16.0 Å². The van der Waals surface area contributed by atoms with Crippen molar-refractivity contribution in [2.75, 3.05) is 13.1 Å². The van der Waals surface area contributed by atoms with Gasteiger partial charge in [-0.25, -0.2) is 0 Å². The van der Waals surface area contributed by atoms with Gasteiger partial charge in [0.25, 0.3) is 0 Å². The van der Waals surface area contributed by atoms with E-state index in [2.05, 4.69) is 22.9 Å². The highest BCUT2D eigenvalue weighted by Gasteiger charge is 2.24. The Hall–Kier alpha value is -0.610. The van der Waals surface area contributed by atoms with Crippen LogP contribution in [-0.2, 0) is 4.79 Å². The van der Waals surface area contributed by atoms with Gasteiger partial charge >= 0.3 is 0 Å². The zero-order chi connectivity index (χ0) is 10.7. The molecular formula is C11H21N3O. The van der Waals surface area contributed by atoms with Gasteiger partial charge in [0.15, 0.2) is 0 Å². The molecule has 0 aromatic rings. The summed E-state index contributed by atoms with van der Waals surface area (Å²) in [6.07, 6.45) is 4.42. The van der Waals surface area contributed by atoms with Gasteiger partial charge in [0.05, 0.1) is 0 Å². The van der Waals surface area contributed by atoms with Gasteiger partial charge in [0, 0.05) is 31.1 Å². The third-order valence-corrected chi connectivity index (χ3v) is 3.30. The molecule has 0 radical (unpaired) electrons. The molecule has 0 aliphatic carbocycles. The molecule has 0 aromatic heterocycles. The van der Waals surface area contributed by atoms with Crippen molar-refractivity contribution in [2.24, 2.45) is 0 Å². The Morgan fingerprint density at radius 2 is 2.47 bits per heavy atom. The predicted octanol–water partition coefficient (Wildman–Crippen LogP) is -0.00490. The topological polar surface area (TPSA) is 53.2 Å². The van der Waals surface area contributed by atoms with Crippen molar-refractivity contribution in [3.63, 3.8) is 0 Å². The summed E-state index contributed by atoms with van der Waals surface area (Å²) in [5.41, 5.74) is 0. The summed E-state index contributed by atoms with van der Waals surface area (Å²) >= 11 is 0. The van der Waals surface area contributed by atoms with Gasteiger partial charge in [-0.1, -0.05) is 0 Å². The van der Waals surface area contributed by atoms with Crippen LogP contribution in [0.15, 0.2) is 0 Å². The van der Waals surface area contributed by atoms with E-state index in [9.17, 15) is 4.79 Å². The molecular weight excluding hydrogens is 190 g/mol. The summed E-state index contributed by atoms with van der Waals surface area (Å²) < 4.78 is 0. The van der Waals surface area contributed by atoms with Crippen molar-refractivity contribution in [3.05, 3.63) is 0 Å². The van der Waals surface area contributed by atoms with Gasteiger partial charge in [-0.05, 0) is 32.7 Å². The van der Waals surface area contributed by atoms with E-state index < -0.39 is 0 Å². The van der Waals surface area contributed by atoms with Crippen molar-refractivity contribution in [3.8, 4) is 0 Å². The number of amides is 1. The fraction of sp³-hybridized carbons (Fsp3) is 0.909. The molecule has 2 aliphatic rings. The molecule has 0 saturated carbocycles. The van der Waals surface area contributed by atoms with Crippen LogP contribution in [0.5, 0.6) is 0 Å². The molecule has 2 rings (SSSR count). The SMILES string of the molecule is CC(CC1CCCN1)NC1CNC(=O)C1. The molecule has 3 atom stereocenters. The minimum atomic E-state index is 0.179. The van der Waals surface area contributed by atoms with E-state index in [4.69, 9.17) is 0 Å². The van der Waals surface area contributed by atoms with E-state index in [0.717, 1.165) is 6.54 Å². The van der Waals surface area contributed by atoms with Crippen LogP contribution in [0.1, 0.15) is 32.6 Å². The van der Waals surface area contributed by atoms with Crippen molar-refractivity contribution >= 4 is 5.91 Å². The van der Waals surface area contributed by atoms with Crippen molar-refractivity contribution in [2.45, 2.75) is 50.7 Å². The van der Waals surface area contributed by atoms with Crippen molar-refractivity contribution in [1.29, 1.82) is 0 Å². The highest BCUT2D eigenvalue weighted by Crippen LogP contribution is 2.12. The predicted molar refractivity (Wildman–Crippen MR) is 59.7 cm³/mol. The Morgan fingerprint density at radius 3 is 3.07 bits per heavy atom. The van der Waals surface area contributed by atoms with E-state index in [1.807, 2.05) is 0 Å². The normalized spacial score (nSPS) is 33.0. The summed E-state index contributed by atoms with van der Waals surface area (Å²) in [5.74, 6) is 0.179. The Balaban J connectivity index is 1.67. The molecule has 3 N–H and O–H groups in total. The largest absolute Gasteiger partial charge is 0.354 e. The first kappa shape index (κ1) is 10.9. The lowest BCUT2D eigenvalue weighted by molar-refractivity contribution is -0.119. The zero-order valence-corrected chi connectivity index (χ0v) is 9.38. The van der Waals surface area contributed by atoms with Gasteiger partial charge in [-0.15, -0.1) is 0 Å². The number of carbonyl (C=O) groups excluding carboxylic acids is 1. The summed E-state index contributed by atoms with van der Waals surface area (Å²) in [6.45, 7) is 4.17. The fourth-order valence-corrected chi connectivity index (χ4v) is 2.58. The van der Waals surface area contributed by atoms with Crippen LogP contribution < -0.4 is 16.0 Å². The maximum Gasteiger partial charge on any atom is 0.221 e. The molecule has 15 heavy (non-hydrogen) atoms. The van der Waals surface area contributed by atoms with Gasteiger partial charge < -0.3 is 16.0 Å². The molecule has 2 aliphatic heterocycles. The van der Waals surface area contributed by atoms with Gasteiger partial charge in [-0.2, -0.15) is 0 Å². The third kappa shape index (κ3) is 3.18. The minimum Gasteiger partial charge on any atom is -0.354 e. The first-order valence-electron chi connectivity index (χ1n) is 6.00. The Kier molecular flexibility index (Phi) is 3.59. The summed E-state index contributed by atoms with van der Waals surface area (Å²) in [6, 6.07) is 1.52. The number of nitrogens with one attached hydrogen (secondary N) is 3. The number of carbonyl (C=O) groups is 1. The molecule has 2 fully saturated rings. The molecule has 3 unspecified atom stereocenters. The molecule has 0 aromatic carbocycles. The zero-order valence-electron chi connectivity index (χ0n) is 9.38. The quantitative estimate of drug-likeness (QED) is 0.613. The molecule has 0 spiro atoms. The van der Waals surface area contributed by atoms with Crippen LogP contribution in [0.3, 0.4) is 0 Å². The fourth-order valence-electron chi connectivity index (χ4n) is 2.58. The number of rotatable bonds is 4. The lowest BCUT2D eigenvalue weighted by Crippen LogP contribution is -2.41. The van der Waals surface area contributed by atoms with Gasteiger partial charge in [-0.3, -0.25) is 4.79 Å². The average Bonchev–Trinajstić information content (AvgIpc) is 2.77. The van der Waals surface area contributed by atoms with E-state index in [1.54, 1.807) is 0 Å². The van der Waals surface area contributed by atoms with E-state index >= 15 is 0 Å². The first-order valence-corrected chi connectivity index (χ1v) is 6.00. The summed E-state index contributed by atoms with van der Waals surface area (Å²) in [5, 5.41) is 9.86. The first-order chi connectivity index (χ1) is 7.24. The highest BCUT2D eigenvalue weighted by molar-refractivity contribution is 5.78. The van der Waals surface area contributed by atoms with Crippen LogP contribution in [0, 0.1) is 0 Å². The molecule has 0 bridgehead atoms. The molecule has 86 valence electrons. The number of hydrogen-bond acceptors (Lipinski definition) is 3. The summed E-state index contributed by atoms with van der Waals surface area (Å²) in [4.78, 5) is 11.0. The Labute approximate surface area is 91.2 Å². The smallest absolute Gasteiger partial charge is 0.221 e. The maximum absolute atomic E-state index is 11.0. The molecule has 4 heteroatoms. The van der Waals surface area contributed by atoms with Crippen molar-refractivity contribution < 1.29 is 4.79 Å². The molecule has 4 nitrogen and oxygen atoms in total. The maximum atomic E-state index is 11.0. The standard InChI is InChI=1S/C11H21N3O/c1-8(5-9-3-2-4-12-9)14-10-6-11(15)13-7-10/h8-10,12,14H,2-7H2,1H3,(H,13,15). The van der Waals surface area contributed by atoms with E-state index in [0.29, 0.717) is 24.5 Å². The Bertz CT molecular complexity index is 226. The van der Waals surface area contributed by atoms with Crippen LogP contribution in [0.4, 0.5) is 0 Å². The van der Waals surface area contributed by atoms with Crippen LogP contribution in [0.2, 0.25) is 0 Å². The van der Waals surface area contributed by atoms with Crippen LogP contribution in [-0.4, -0.2) is 37.1 Å². The van der Waals surface area contributed by atoms with Gasteiger partial charge in [0.1, 0.15) is 0 Å².